The first-order chi connectivity index (χ1) is 5.55. The molecule has 0 saturated carbocycles. The van der Waals surface area contributed by atoms with Gasteiger partial charge in [-0.25, -0.2) is 0 Å². The second-order valence-electron chi connectivity index (χ2n) is 3.72. The van der Waals surface area contributed by atoms with E-state index in [1.165, 1.54) is 13.0 Å². The number of rotatable bonds is 6. The largest absolute Gasteiger partial charge is 0.302 e. The molecule has 0 heterocycles. The Morgan fingerprint density at radius 3 is 2.25 bits per heavy atom. The molecule has 3 heteroatoms. The highest BCUT2D eigenvalue weighted by Gasteiger charge is 2.19. The Morgan fingerprint density at radius 1 is 1.33 bits per heavy atom. The van der Waals surface area contributed by atoms with Gasteiger partial charge >= 0.3 is 0 Å². The van der Waals surface area contributed by atoms with E-state index in [-0.39, 0.29) is 4.75 Å². The van der Waals surface area contributed by atoms with E-state index in [2.05, 4.69) is 44.3 Å². The lowest BCUT2D eigenvalue weighted by Crippen LogP contribution is -2.36. The molecule has 0 saturated heterocycles. The van der Waals surface area contributed by atoms with E-state index in [9.17, 15) is 0 Å². The Kier molecular flexibility index (Phi) is 6.50. The maximum atomic E-state index is 4.27. The van der Waals surface area contributed by atoms with Crippen LogP contribution in [0.3, 0.4) is 0 Å². The molecule has 0 aliphatic carbocycles. The second kappa shape index (κ2) is 6.17. The van der Waals surface area contributed by atoms with Crippen LogP contribution >= 0.6 is 22.5 Å². The predicted octanol–water partition coefficient (Wildman–Crippen LogP) is 3.07. The fourth-order valence-electron chi connectivity index (χ4n) is 1.23. The molecule has 0 spiro atoms. The van der Waals surface area contributed by atoms with Crippen LogP contribution in [0.4, 0.5) is 0 Å². The third-order valence-corrected chi connectivity index (χ3v) is 3.94. The van der Waals surface area contributed by atoms with Crippen LogP contribution in [0.25, 0.3) is 0 Å². The van der Waals surface area contributed by atoms with E-state index in [0.717, 1.165) is 13.1 Å². The molecule has 0 fully saturated rings. The van der Waals surface area contributed by atoms with Crippen molar-refractivity contribution in [2.24, 2.45) is 0 Å². The van der Waals surface area contributed by atoms with Gasteiger partial charge in [-0.3, -0.25) is 0 Å². The van der Waals surface area contributed by atoms with Gasteiger partial charge in [0.1, 0.15) is 0 Å². The molecule has 0 aromatic rings. The van der Waals surface area contributed by atoms with Gasteiger partial charge in [0.2, 0.25) is 0 Å². The minimum Gasteiger partial charge on any atom is -0.302 e. The van der Waals surface area contributed by atoms with E-state index < -0.39 is 0 Å². The predicted molar refractivity (Wildman–Crippen MR) is 63.1 cm³/mol. The average molecular weight is 207 g/mol. The Morgan fingerprint density at radius 2 is 1.92 bits per heavy atom. The minimum absolute atomic E-state index is 0.272. The van der Waals surface area contributed by atoms with E-state index >= 15 is 0 Å². The molecule has 0 N–H and O–H groups in total. The molecule has 0 unspecified atom stereocenters. The molecule has 0 aliphatic heterocycles. The van der Waals surface area contributed by atoms with Gasteiger partial charge in [-0.15, -0.1) is 11.7 Å². The van der Waals surface area contributed by atoms with Crippen molar-refractivity contribution >= 4 is 22.5 Å². The van der Waals surface area contributed by atoms with Gasteiger partial charge < -0.3 is 4.90 Å². The molecular weight excluding hydrogens is 186 g/mol. The SMILES string of the molecule is CCCN(CC)CC(C)(C)SS. The molecule has 74 valence electrons. The third kappa shape index (κ3) is 5.33. The van der Waals surface area contributed by atoms with E-state index in [0.29, 0.717) is 0 Å². The van der Waals surface area contributed by atoms with Crippen LogP contribution in [-0.4, -0.2) is 29.3 Å². The highest BCUT2D eigenvalue weighted by atomic mass is 33.1. The standard InChI is InChI=1S/C9H21NS2/c1-5-7-10(6-2)8-9(3,4)12-11/h11H,5-8H2,1-4H3. The maximum absolute atomic E-state index is 4.27. The topological polar surface area (TPSA) is 3.24 Å². The average Bonchev–Trinajstić information content (AvgIpc) is 2.03. The number of nitrogens with zero attached hydrogens (tertiary/aromatic N) is 1. The van der Waals surface area contributed by atoms with Gasteiger partial charge in [0.15, 0.2) is 0 Å². The first-order valence-electron chi connectivity index (χ1n) is 4.60. The Bertz CT molecular complexity index is 115. The van der Waals surface area contributed by atoms with Gasteiger partial charge in [0.25, 0.3) is 0 Å². The first-order valence-corrected chi connectivity index (χ1v) is 6.47. The first kappa shape index (κ1) is 12.7. The van der Waals surface area contributed by atoms with Crippen molar-refractivity contribution in [3.63, 3.8) is 0 Å². The molecule has 0 aromatic carbocycles. The van der Waals surface area contributed by atoms with Gasteiger partial charge in [-0.1, -0.05) is 24.6 Å². The Balaban J connectivity index is 3.83. The lowest BCUT2D eigenvalue weighted by molar-refractivity contribution is 0.269. The third-order valence-electron chi connectivity index (χ3n) is 1.84. The van der Waals surface area contributed by atoms with Crippen molar-refractivity contribution in [2.75, 3.05) is 19.6 Å². The molecule has 0 aromatic heterocycles. The summed E-state index contributed by atoms with van der Waals surface area (Å²) in [6.45, 7) is 12.4. The summed E-state index contributed by atoms with van der Waals surface area (Å²) >= 11 is 4.27. The van der Waals surface area contributed by atoms with Gasteiger partial charge in [-0.05, 0) is 33.4 Å². The number of hydrogen-bond donors (Lipinski definition) is 1. The number of hydrogen-bond acceptors (Lipinski definition) is 3. The molecule has 0 aliphatic rings. The molecule has 0 bridgehead atoms. The van der Waals surface area contributed by atoms with Crippen LogP contribution in [0, 0.1) is 0 Å². The fraction of sp³-hybridized carbons (Fsp3) is 1.00. The molecule has 0 rings (SSSR count). The quantitative estimate of drug-likeness (QED) is 0.527. The fourth-order valence-corrected chi connectivity index (χ4v) is 1.65. The lowest BCUT2D eigenvalue weighted by atomic mass is 10.2. The maximum Gasteiger partial charge on any atom is 0.0331 e. The van der Waals surface area contributed by atoms with Crippen LogP contribution in [-0.2, 0) is 0 Å². The van der Waals surface area contributed by atoms with Gasteiger partial charge in [0, 0.05) is 11.3 Å². The second-order valence-corrected chi connectivity index (χ2v) is 5.56. The van der Waals surface area contributed by atoms with E-state index in [1.54, 1.807) is 10.8 Å². The number of thiol groups is 1. The summed E-state index contributed by atoms with van der Waals surface area (Å²) in [5.41, 5.74) is 0. The van der Waals surface area contributed by atoms with Gasteiger partial charge in [0.05, 0.1) is 0 Å². The summed E-state index contributed by atoms with van der Waals surface area (Å²) in [7, 11) is 1.65. The normalized spacial score (nSPS) is 12.5. The zero-order valence-electron chi connectivity index (χ0n) is 8.63. The summed E-state index contributed by atoms with van der Waals surface area (Å²) in [4.78, 5) is 2.48. The van der Waals surface area contributed by atoms with Crippen LogP contribution in [0.1, 0.15) is 34.1 Å². The van der Waals surface area contributed by atoms with E-state index in [4.69, 9.17) is 0 Å². The summed E-state index contributed by atoms with van der Waals surface area (Å²) in [5.74, 6) is 0. The molecule has 0 atom stereocenters. The van der Waals surface area contributed by atoms with Crippen molar-refractivity contribution in [2.45, 2.75) is 38.9 Å². The van der Waals surface area contributed by atoms with Gasteiger partial charge in [-0.2, -0.15) is 0 Å². The van der Waals surface area contributed by atoms with Crippen molar-refractivity contribution in [1.29, 1.82) is 0 Å². The monoisotopic (exact) mass is 207 g/mol. The molecule has 12 heavy (non-hydrogen) atoms. The Labute approximate surface area is 86.1 Å². The highest BCUT2D eigenvalue weighted by Crippen LogP contribution is 2.28. The molecule has 0 radical (unpaired) electrons. The highest BCUT2D eigenvalue weighted by molar-refractivity contribution is 8.69. The van der Waals surface area contributed by atoms with Crippen molar-refractivity contribution in [3.8, 4) is 0 Å². The smallest absolute Gasteiger partial charge is 0.0331 e. The summed E-state index contributed by atoms with van der Waals surface area (Å²) < 4.78 is 0.272. The summed E-state index contributed by atoms with van der Waals surface area (Å²) in [6, 6.07) is 0. The summed E-state index contributed by atoms with van der Waals surface area (Å²) in [6.07, 6.45) is 1.24. The van der Waals surface area contributed by atoms with Crippen molar-refractivity contribution in [3.05, 3.63) is 0 Å². The van der Waals surface area contributed by atoms with E-state index in [1.807, 2.05) is 0 Å². The summed E-state index contributed by atoms with van der Waals surface area (Å²) in [5, 5.41) is 0. The minimum atomic E-state index is 0.272. The molecular formula is C9H21NS2. The van der Waals surface area contributed by atoms with Crippen LogP contribution in [0.2, 0.25) is 0 Å². The zero-order valence-corrected chi connectivity index (χ0v) is 10.3. The molecule has 1 nitrogen and oxygen atoms in total. The van der Waals surface area contributed by atoms with Crippen molar-refractivity contribution < 1.29 is 0 Å². The Hall–Kier alpha value is 0.660. The van der Waals surface area contributed by atoms with Crippen LogP contribution in [0.15, 0.2) is 0 Å². The van der Waals surface area contributed by atoms with Crippen molar-refractivity contribution in [1.82, 2.24) is 4.90 Å². The lowest BCUT2D eigenvalue weighted by Gasteiger charge is -2.29. The molecule has 0 amide bonds. The van der Waals surface area contributed by atoms with Crippen LogP contribution in [0.5, 0.6) is 0 Å². The zero-order chi connectivity index (χ0) is 9.61. The van der Waals surface area contributed by atoms with Crippen LogP contribution < -0.4 is 0 Å².